The van der Waals surface area contributed by atoms with Crippen LogP contribution in [0.3, 0.4) is 0 Å². The van der Waals surface area contributed by atoms with Crippen LogP contribution in [-0.2, 0) is 0 Å². The predicted octanol–water partition coefficient (Wildman–Crippen LogP) is 4.22. The van der Waals surface area contributed by atoms with E-state index in [1.54, 1.807) is 30.3 Å². The number of hydrogen-bond acceptors (Lipinski definition) is 2. The average Bonchev–Trinajstić information content (AvgIpc) is 2.45. The molecule has 1 atom stereocenters. The third-order valence-electron chi connectivity index (χ3n) is 3.23. The molecule has 0 aliphatic rings. The van der Waals surface area contributed by atoms with E-state index >= 15 is 0 Å². The van der Waals surface area contributed by atoms with Crippen LogP contribution in [-0.4, -0.2) is 22.8 Å². The number of halogens is 2. The topological polar surface area (TPSA) is 33.2 Å². The molecule has 1 aromatic heterocycles. The molecule has 1 amide bonds. The minimum atomic E-state index is -0.171. The summed E-state index contributed by atoms with van der Waals surface area (Å²) in [6.07, 6.45) is 3.03. The van der Waals surface area contributed by atoms with Gasteiger partial charge in [0.2, 0.25) is 0 Å². The maximum atomic E-state index is 12.4. The van der Waals surface area contributed by atoms with Crippen molar-refractivity contribution in [1.29, 1.82) is 0 Å². The van der Waals surface area contributed by atoms with Crippen molar-refractivity contribution in [3.05, 3.63) is 63.9 Å². The number of carbonyl (C=O) groups is 1. The van der Waals surface area contributed by atoms with Crippen molar-refractivity contribution in [3.8, 4) is 0 Å². The summed E-state index contributed by atoms with van der Waals surface area (Å²) in [7, 11) is 1.73. The van der Waals surface area contributed by atoms with Gasteiger partial charge >= 0.3 is 0 Å². The highest BCUT2D eigenvalue weighted by Crippen LogP contribution is 2.24. The number of pyridine rings is 1. The molecule has 0 N–H and O–H groups in total. The lowest BCUT2D eigenvalue weighted by atomic mass is 10.1. The van der Waals surface area contributed by atoms with Crippen LogP contribution in [0, 0.1) is 0 Å². The lowest BCUT2D eigenvalue weighted by Gasteiger charge is -2.25. The highest BCUT2D eigenvalue weighted by molar-refractivity contribution is 6.33. The Morgan fingerprint density at radius 2 is 2.05 bits per heavy atom. The van der Waals surface area contributed by atoms with Crippen molar-refractivity contribution >= 4 is 29.1 Å². The lowest BCUT2D eigenvalue weighted by Crippen LogP contribution is -2.30. The molecule has 0 aliphatic heterocycles. The van der Waals surface area contributed by atoms with Gasteiger partial charge in [-0.15, -0.1) is 0 Å². The molecule has 0 radical (unpaired) electrons. The van der Waals surface area contributed by atoms with Crippen LogP contribution < -0.4 is 0 Å². The summed E-state index contributed by atoms with van der Waals surface area (Å²) in [6.45, 7) is 1.94. The SMILES string of the molecule is CC(c1cccc(Cl)c1)N(C)C(=O)c1cnccc1Cl. The van der Waals surface area contributed by atoms with Crippen LogP contribution in [0.2, 0.25) is 10.0 Å². The van der Waals surface area contributed by atoms with Gasteiger partial charge < -0.3 is 4.90 Å². The Balaban J connectivity index is 2.25. The maximum absolute atomic E-state index is 12.4. The normalized spacial score (nSPS) is 12.0. The van der Waals surface area contributed by atoms with E-state index in [4.69, 9.17) is 23.2 Å². The van der Waals surface area contributed by atoms with Crippen molar-refractivity contribution in [3.63, 3.8) is 0 Å². The molecule has 1 heterocycles. The van der Waals surface area contributed by atoms with Crippen molar-refractivity contribution in [2.24, 2.45) is 0 Å². The summed E-state index contributed by atoms with van der Waals surface area (Å²) < 4.78 is 0. The molecule has 0 spiro atoms. The van der Waals surface area contributed by atoms with E-state index in [2.05, 4.69) is 4.98 Å². The second kappa shape index (κ2) is 6.25. The molecule has 1 aromatic carbocycles. The first-order valence-electron chi connectivity index (χ1n) is 6.13. The van der Waals surface area contributed by atoms with Gasteiger partial charge in [0, 0.05) is 24.5 Å². The second-order valence-electron chi connectivity index (χ2n) is 4.50. The molecule has 2 rings (SSSR count). The van der Waals surface area contributed by atoms with E-state index in [1.165, 1.54) is 6.20 Å². The highest BCUT2D eigenvalue weighted by Gasteiger charge is 2.21. The van der Waals surface area contributed by atoms with E-state index in [9.17, 15) is 4.79 Å². The molecule has 0 bridgehead atoms. The molecule has 0 saturated carbocycles. The summed E-state index contributed by atoms with van der Waals surface area (Å²) in [5.74, 6) is -0.171. The quantitative estimate of drug-likeness (QED) is 0.850. The van der Waals surface area contributed by atoms with E-state index in [1.807, 2.05) is 25.1 Å². The van der Waals surface area contributed by atoms with Gasteiger partial charge in [-0.1, -0.05) is 35.3 Å². The largest absolute Gasteiger partial charge is 0.335 e. The Kier molecular flexibility index (Phi) is 4.63. The van der Waals surface area contributed by atoms with Crippen LogP contribution >= 0.6 is 23.2 Å². The summed E-state index contributed by atoms with van der Waals surface area (Å²) in [6, 6.07) is 8.94. The Morgan fingerprint density at radius 3 is 2.70 bits per heavy atom. The summed E-state index contributed by atoms with van der Waals surface area (Å²) in [4.78, 5) is 18.0. The number of carbonyl (C=O) groups excluding carboxylic acids is 1. The standard InChI is InChI=1S/C15H14Cl2N2O/c1-10(11-4-3-5-12(16)8-11)19(2)15(20)13-9-18-7-6-14(13)17/h3-10H,1-2H3. The zero-order valence-corrected chi connectivity index (χ0v) is 12.7. The van der Waals surface area contributed by atoms with Crippen LogP contribution in [0.5, 0.6) is 0 Å². The fourth-order valence-corrected chi connectivity index (χ4v) is 2.28. The molecular formula is C15H14Cl2N2O. The van der Waals surface area contributed by atoms with Gasteiger partial charge in [-0.25, -0.2) is 0 Å². The third kappa shape index (κ3) is 3.11. The first-order valence-corrected chi connectivity index (χ1v) is 6.88. The zero-order valence-electron chi connectivity index (χ0n) is 11.2. The first-order chi connectivity index (χ1) is 9.50. The zero-order chi connectivity index (χ0) is 14.7. The molecule has 0 aliphatic carbocycles. The lowest BCUT2D eigenvalue weighted by molar-refractivity contribution is 0.0742. The molecule has 1 unspecified atom stereocenters. The van der Waals surface area contributed by atoms with E-state index in [-0.39, 0.29) is 11.9 Å². The Bertz CT molecular complexity index is 631. The summed E-state index contributed by atoms with van der Waals surface area (Å²) in [5, 5.41) is 1.05. The Morgan fingerprint density at radius 1 is 1.30 bits per heavy atom. The molecule has 0 saturated heterocycles. The Hall–Kier alpha value is -1.58. The fourth-order valence-electron chi connectivity index (χ4n) is 1.89. The van der Waals surface area contributed by atoms with Gasteiger partial charge in [0.25, 0.3) is 5.91 Å². The fraction of sp³-hybridized carbons (Fsp3) is 0.200. The molecule has 20 heavy (non-hydrogen) atoms. The van der Waals surface area contributed by atoms with Crippen molar-refractivity contribution < 1.29 is 4.79 Å². The molecule has 0 fully saturated rings. The van der Waals surface area contributed by atoms with Gasteiger partial charge in [0.15, 0.2) is 0 Å². The number of aromatic nitrogens is 1. The number of nitrogens with zero attached hydrogens (tertiary/aromatic N) is 2. The second-order valence-corrected chi connectivity index (χ2v) is 5.35. The summed E-state index contributed by atoms with van der Waals surface area (Å²) >= 11 is 12.0. The number of rotatable bonds is 3. The van der Waals surface area contributed by atoms with E-state index < -0.39 is 0 Å². The predicted molar refractivity (Wildman–Crippen MR) is 81.2 cm³/mol. The van der Waals surface area contributed by atoms with Crippen LogP contribution in [0.4, 0.5) is 0 Å². The minimum Gasteiger partial charge on any atom is -0.335 e. The smallest absolute Gasteiger partial charge is 0.257 e. The monoisotopic (exact) mass is 308 g/mol. The summed E-state index contributed by atoms with van der Waals surface area (Å²) in [5.41, 5.74) is 1.36. The molecule has 104 valence electrons. The highest BCUT2D eigenvalue weighted by atomic mass is 35.5. The molecule has 2 aromatic rings. The van der Waals surface area contributed by atoms with Gasteiger partial charge in [-0.3, -0.25) is 9.78 Å². The molecule has 3 nitrogen and oxygen atoms in total. The van der Waals surface area contributed by atoms with Gasteiger partial charge in [-0.05, 0) is 30.7 Å². The van der Waals surface area contributed by atoms with E-state index in [0.717, 1.165) is 5.56 Å². The first kappa shape index (κ1) is 14.8. The van der Waals surface area contributed by atoms with Crippen molar-refractivity contribution in [1.82, 2.24) is 9.88 Å². The number of hydrogen-bond donors (Lipinski definition) is 0. The molecule has 5 heteroatoms. The molecular weight excluding hydrogens is 295 g/mol. The average molecular weight is 309 g/mol. The maximum Gasteiger partial charge on any atom is 0.257 e. The van der Waals surface area contributed by atoms with Crippen molar-refractivity contribution in [2.45, 2.75) is 13.0 Å². The van der Waals surface area contributed by atoms with Gasteiger partial charge in [0.05, 0.1) is 16.6 Å². The van der Waals surface area contributed by atoms with Crippen LogP contribution in [0.15, 0.2) is 42.7 Å². The van der Waals surface area contributed by atoms with Crippen LogP contribution in [0.25, 0.3) is 0 Å². The number of benzene rings is 1. The number of amides is 1. The van der Waals surface area contributed by atoms with Crippen LogP contribution in [0.1, 0.15) is 28.9 Å². The van der Waals surface area contributed by atoms with Gasteiger partial charge in [-0.2, -0.15) is 0 Å². The van der Waals surface area contributed by atoms with Gasteiger partial charge in [0.1, 0.15) is 0 Å². The third-order valence-corrected chi connectivity index (χ3v) is 3.80. The Labute approximate surface area is 128 Å². The van der Waals surface area contributed by atoms with Crippen molar-refractivity contribution in [2.75, 3.05) is 7.05 Å². The van der Waals surface area contributed by atoms with E-state index in [0.29, 0.717) is 15.6 Å². The minimum absolute atomic E-state index is 0.113.